The van der Waals surface area contributed by atoms with Gasteiger partial charge < -0.3 is 20.1 Å². The van der Waals surface area contributed by atoms with E-state index in [-0.39, 0.29) is 27.9 Å². The van der Waals surface area contributed by atoms with Gasteiger partial charge in [0.15, 0.2) is 5.43 Å². The van der Waals surface area contributed by atoms with Crippen LogP contribution in [-0.4, -0.2) is 26.0 Å². The highest BCUT2D eigenvalue weighted by atomic mass is 19.1. The maximum atomic E-state index is 14.3. The van der Waals surface area contributed by atoms with E-state index in [1.165, 1.54) is 40.6 Å². The molecule has 0 bridgehead atoms. The number of aliphatic hydroxyl groups is 2. The summed E-state index contributed by atoms with van der Waals surface area (Å²) >= 11 is 0. The first kappa shape index (κ1) is 18.8. The van der Waals surface area contributed by atoms with Crippen molar-refractivity contribution < 1.29 is 14.6 Å². The highest BCUT2D eigenvalue weighted by Crippen LogP contribution is 2.25. The number of benzene rings is 1. The Morgan fingerprint density at radius 3 is 2.52 bits per heavy atom. The first-order chi connectivity index (χ1) is 12.7. The summed E-state index contributed by atoms with van der Waals surface area (Å²) in [6.07, 6.45) is 0.00983. The second kappa shape index (κ2) is 6.98. The van der Waals surface area contributed by atoms with Crippen LogP contribution in [0.15, 0.2) is 40.1 Å². The number of nitrogens with one attached hydrogen (secondary N) is 1. The van der Waals surface area contributed by atoms with Crippen LogP contribution in [0.2, 0.25) is 0 Å². The van der Waals surface area contributed by atoms with Crippen LogP contribution in [0.5, 0.6) is 0 Å². The van der Waals surface area contributed by atoms with E-state index >= 15 is 0 Å². The maximum Gasteiger partial charge on any atom is 0.253 e. The van der Waals surface area contributed by atoms with Gasteiger partial charge in [-0.15, -0.1) is 0 Å². The van der Waals surface area contributed by atoms with Gasteiger partial charge in [-0.1, -0.05) is 6.07 Å². The van der Waals surface area contributed by atoms with E-state index in [1.54, 1.807) is 20.0 Å². The molecule has 0 spiro atoms. The van der Waals surface area contributed by atoms with E-state index < -0.39 is 24.0 Å². The van der Waals surface area contributed by atoms with E-state index in [2.05, 4.69) is 5.32 Å². The van der Waals surface area contributed by atoms with Crippen molar-refractivity contribution in [3.8, 4) is 0 Å². The first-order valence-electron chi connectivity index (χ1n) is 8.30. The van der Waals surface area contributed by atoms with Crippen molar-refractivity contribution in [3.05, 3.63) is 68.0 Å². The number of fused-ring (bicyclic) bond motifs is 1. The highest BCUT2D eigenvalue weighted by Gasteiger charge is 2.20. The lowest BCUT2D eigenvalue weighted by atomic mass is 10.1. The van der Waals surface area contributed by atoms with Crippen molar-refractivity contribution in [2.24, 2.45) is 14.1 Å². The van der Waals surface area contributed by atoms with Gasteiger partial charge in [-0.3, -0.25) is 14.2 Å². The molecule has 0 aliphatic heterocycles. The van der Waals surface area contributed by atoms with Crippen LogP contribution in [0.25, 0.3) is 11.0 Å². The average molecular weight is 373 g/mol. The summed E-state index contributed by atoms with van der Waals surface area (Å²) < 4.78 is 17.1. The Morgan fingerprint density at radius 1 is 1.19 bits per heavy atom. The molecule has 0 saturated heterocycles. The van der Waals surface area contributed by atoms with Gasteiger partial charge in [0.05, 0.1) is 23.4 Å². The fourth-order valence-electron chi connectivity index (χ4n) is 3.10. The standard InChI is InChI=1S/C19H20FN3O4/c1-10-4-5-13(12(20)6-10)21-14-7-16(26)23(3)19-17(14)18(27)11(8-22(19)2)15(25)9-24/h4-8,15,21,24-25H,9H2,1-3H3. The zero-order valence-corrected chi connectivity index (χ0v) is 15.2. The van der Waals surface area contributed by atoms with E-state index in [0.717, 1.165) is 5.56 Å². The maximum absolute atomic E-state index is 14.3. The van der Waals surface area contributed by atoms with Crippen molar-refractivity contribution in [1.29, 1.82) is 0 Å². The fourth-order valence-corrected chi connectivity index (χ4v) is 3.10. The monoisotopic (exact) mass is 373 g/mol. The van der Waals surface area contributed by atoms with Gasteiger partial charge in [-0.05, 0) is 24.6 Å². The molecular formula is C19H20FN3O4. The van der Waals surface area contributed by atoms with Gasteiger partial charge in [-0.2, -0.15) is 0 Å². The minimum absolute atomic E-state index is 0.0152. The summed E-state index contributed by atoms with van der Waals surface area (Å²) in [6.45, 7) is 1.13. The number of nitrogens with zero attached hydrogens (tertiary/aromatic N) is 2. The lowest BCUT2D eigenvalue weighted by molar-refractivity contribution is 0.0945. The van der Waals surface area contributed by atoms with Crippen molar-refractivity contribution in [2.45, 2.75) is 13.0 Å². The van der Waals surface area contributed by atoms with Crippen LogP contribution >= 0.6 is 0 Å². The summed E-state index contributed by atoms with van der Waals surface area (Å²) in [4.78, 5) is 25.3. The molecule has 7 nitrogen and oxygen atoms in total. The van der Waals surface area contributed by atoms with Gasteiger partial charge >= 0.3 is 0 Å². The molecule has 0 saturated carbocycles. The van der Waals surface area contributed by atoms with Crippen LogP contribution in [0, 0.1) is 12.7 Å². The Bertz CT molecular complexity index is 1150. The minimum atomic E-state index is -1.37. The van der Waals surface area contributed by atoms with Crippen molar-refractivity contribution in [3.63, 3.8) is 0 Å². The van der Waals surface area contributed by atoms with E-state index in [9.17, 15) is 24.2 Å². The molecule has 1 atom stereocenters. The number of aliphatic hydroxyl groups excluding tert-OH is 2. The zero-order chi connectivity index (χ0) is 19.9. The van der Waals surface area contributed by atoms with Gasteiger partial charge in [-0.25, -0.2) is 4.39 Å². The van der Waals surface area contributed by atoms with E-state index in [4.69, 9.17) is 0 Å². The van der Waals surface area contributed by atoms with Crippen molar-refractivity contribution >= 4 is 22.4 Å². The predicted octanol–water partition coefficient (Wildman–Crippen LogP) is 1.45. The molecule has 0 radical (unpaired) electrons. The second-order valence-electron chi connectivity index (χ2n) is 6.49. The molecule has 3 N–H and O–H groups in total. The molecule has 1 aromatic carbocycles. The molecule has 2 aromatic heterocycles. The number of hydrogen-bond acceptors (Lipinski definition) is 5. The van der Waals surface area contributed by atoms with Gasteiger partial charge in [0, 0.05) is 31.9 Å². The Morgan fingerprint density at radius 2 is 1.89 bits per heavy atom. The summed E-state index contributed by atoms with van der Waals surface area (Å²) in [7, 11) is 3.13. The van der Waals surface area contributed by atoms with Crippen LogP contribution in [0.4, 0.5) is 15.8 Å². The molecule has 8 heteroatoms. The molecule has 3 rings (SSSR count). The van der Waals surface area contributed by atoms with Gasteiger partial charge in [0.2, 0.25) is 0 Å². The predicted molar refractivity (Wildman–Crippen MR) is 101 cm³/mol. The molecule has 3 aromatic rings. The largest absolute Gasteiger partial charge is 0.393 e. The average Bonchev–Trinajstić information content (AvgIpc) is 2.62. The Hall–Kier alpha value is -2.97. The van der Waals surface area contributed by atoms with E-state index in [1.807, 2.05) is 0 Å². The summed E-state index contributed by atoms with van der Waals surface area (Å²) in [5, 5.41) is 22.1. The zero-order valence-electron chi connectivity index (χ0n) is 15.2. The lowest BCUT2D eigenvalue weighted by Gasteiger charge is -2.17. The summed E-state index contributed by atoms with van der Waals surface area (Å²) in [5.74, 6) is -0.521. The molecule has 2 heterocycles. The number of aromatic nitrogens is 2. The number of anilines is 2. The molecule has 27 heavy (non-hydrogen) atoms. The van der Waals surface area contributed by atoms with Crippen molar-refractivity contribution in [1.82, 2.24) is 9.13 Å². The van der Waals surface area contributed by atoms with Gasteiger partial charge in [0.25, 0.3) is 5.56 Å². The number of hydrogen-bond donors (Lipinski definition) is 3. The lowest BCUT2D eigenvalue weighted by Crippen LogP contribution is -2.26. The SMILES string of the molecule is Cc1ccc(Nc2cc(=O)n(C)c3c2c(=O)c(C(O)CO)cn3C)c(F)c1. The Labute approximate surface area is 153 Å². The van der Waals surface area contributed by atoms with Crippen molar-refractivity contribution in [2.75, 3.05) is 11.9 Å². The topological polar surface area (TPSA) is 96.5 Å². The molecule has 0 amide bonds. The normalized spacial score (nSPS) is 12.4. The minimum Gasteiger partial charge on any atom is -0.393 e. The number of pyridine rings is 2. The number of halogens is 1. The highest BCUT2D eigenvalue weighted by molar-refractivity contribution is 5.91. The third-order valence-electron chi connectivity index (χ3n) is 4.49. The third-order valence-corrected chi connectivity index (χ3v) is 4.49. The second-order valence-corrected chi connectivity index (χ2v) is 6.49. The fraction of sp³-hybridized carbons (Fsp3) is 0.263. The van der Waals surface area contributed by atoms with Crippen LogP contribution in [-0.2, 0) is 14.1 Å². The van der Waals surface area contributed by atoms with Crippen LogP contribution in [0.1, 0.15) is 17.2 Å². The molecular weight excluding hydrogens is 353 g/mol. The summed E-state index contributed by atoms with van der Waals surface area (Å²) in [5.41, 5.74) is 0.332. The first-order valence-corrected chi connectivity index (χ1v) is 8.30. The van der Waals surface area contributed by atoms with Crippen LogP contribution in [0.3, 0.4) is 0 Å². The molecule has 142 valence electrons. The van der Waals surface area contributed by atoms with Crippen LogP contribution < -0.4 is 16.3 Å². The quantitative estimate of drug-likeness (QED) is 0.643. The van der Waals surface area contributed by atoms with Gasteiger partial charge in [0.1, 0.15) is 17.6 Å². The number of rotatable bonds is 4. The molecule has 0 aliphatic carbocycles. The Kier molecular flexibility index (Phi) is 4.86. The Balaban J connectivity index is 2.35. The smallest absolute Gasteiger partial charge is 0.253 e. The summed E-state index contributed by atoms with van der Waals surface area (Å²) in [6, 6.07) is 5.77. The molecule has 0 fully saturated rings. The molecule has 1 unspecified atom stereocenters. The third kappa shape index (κ3) is 3.24. The molecule has 0 aliphatic rings. The van der Waals surface area contributed by atoms with E-state index in [0.29, 0.717) is 5.65 Å². The number of aryl methyl sites for hydroxylation is 3.